The molecule has 0 radical (unpaired) electrons. The van der Waals surface area contributed by atoms with Crippen LogP contribution in [0.1, 0.15) is 17.3 Å². The van der Waals surface area contributed by atoms with Crippen molar-refractivity contribution in [2.24, 2.45) is 0 Å². The molecule has 0 saturated carbocycles. The van der Waals surface area contributed by atoms with Gasteiger partial charge in [0.15, 0.2) is 6.29 Å². The normalized spacial score (nSPS) is 12.5. The van der Waals surface area contributed by atoms with Crippen LogP contribution >= 0.6 is 23.4 Å². The monoisotopic (exact) mass is 230 g/mol. The third-order valence-corrected chi connectivity index (χ3v) is 3.10. The fourth-order valence-electron chi connectivity index (χ4n) is 0.973. The van der Waals surface area contributed by atoms with Gasteiger partial charge in [-0.25, -0.2) is 0 Å². The van der Waals surface area contributed by atoms with Gasteiger partial charge in [0.2, 0.25) is 0 Å². The van der Waals surface area contributed by atoms with Crippen LogP contribution in [-0.2, 0) is 0 Å². The van der Waals surface area contributed by atoms with Crippen LogP contribution in [0.4, 0.5) is 0 Å². The van der Waals surface area contributed by atoms with Crippen molar-refractivity contribution in [1.82, 2.24) is 0 Å². The van der Waals surface area contributed by atoms with Crippen LogP contribution in [0.15, 0.2) is 23.1 Å². The van der Waals surface area contributed by atoms with Gasteiger partial charge in [0, 0.05) is 20.7 Å². The molecule has 0 aromatic heterocycles. The molecule has 1 aromatic rings. The maximum Gasteiger partial charge on any atom is 0.151 e. The number of aliphatic hydroxyl groups excluding tert-OH is 1. The zero-order valence-electron chi connectivity index (χ0n) is 7.74. The molecule has 1 N–H and O–H groups in total. The van der Waals surface area contributed by atoms with Gasteiger partial charge >= 0.3 is 0 Å². The molecule has 0 saturated heterocycles. The quantitative estimate of drug-likeness (QED) is 0.638. The molecule has 0 spiro atoms. The van der Waals surface area contributed by atoms with Crippen LogP contribution in [0, 0.1) is 0 Å². The largest absolute Gasteiger partial charge is 0.395 e. The van der Waals surface area contributed by atoms with Gasteiger partial charge in [0.25, 0.3) is 0 Å². The van der Waals surface area contributed by atoms with Crippen molar-refractivity contribution in [2.45, 2.75) is 17.1 Å². The fourth-order valence-corrected chi connectivity index (χ4v) is 2.05. The van der Waals surface area contributed by atoms with Crippen LogP contribution in [0.3, 0.4) is 0 Å². The molecular formula is C10H11ClO2S. The van der Waals surface area contributed by atoms with E-state index in [4.69, 9.17) is 16.7 Å². The summed E-state index contributed by atoms with van der Waals surface area (Å²) in [5.74, 6) is 0. The molecule has 0 aliphatic heterocycles. The maximum atomic E-state index is 10.7. The van der Waals surface area contributed by atoms with E-state index in [9.17, 15) is 4.79 Å². The van der Waals surface area contributed by atoms with E-state index < -0.39 is 0 Å². The number of thioether (sulfide) groups is 1. The molecule has 4 heteroatoms. The molecular weight excluding hydrogens is 220 g/mol. The smallest absolute Gasteiger partial charge is 0.151 e. The Hall–Kier alpha value is -0.510. The van der Waals surface area contributed by atoms with E-state index >= 15 is 0 Å². The number of benzene rings is 1. The lowest BCUT2D eigenvalue weighted by Crippen LogP contribution is -2.02. The third-order valence-electron chi connectivity index (χ3n) is 1.68. The molecule has 0 fully saturated rings. The van der Waals surface area contributed by atoms with Gasteiger partial charge in [-0.05, 0) is 18.2 Å². The zero-order chi connectivity index (χ0) is 10.6. The van der Waals surface area contributed by atoms with Gasteiger partial charge in [-0.2, -0.15) is 0 Å². The third kappa shape index (κ3) is 3.01. The predicted octanol–water partition coefficient (Wildman–Crippen LogP) is 2.63. The highest BCUT2D eigenvalue weighted by Gasteiger charge is 2.07. The number of carbonyl (C=O) groups is 1. The molecule has 76 valence electrons. The molecule has 0 aliphatic rings. The molecule has 1 unspecified atom stereocenters. The average molecular weight is 231 g/mol. The van der Waals surface area contributed by atoms with Crippen molar-refractivity contribution in [3.05, 3.63) is 28.8 Å². The summed E-state index contributed by atoms with van der Waals surface area (Å²) in [5.41, 5.74) is 0.572. The van der Waals surface area contributed by atoms with Crippen molar-refractivity contribution >= 4 is 29.6 Å². The topological polar surface area (TPSA) is 37.3 Å². The van der Waals surface area contributed by atoms with Crippen LogP contribution in [0.5, 0.6) is 0 Å². The average Bonchev–Trinajstić information content (AvgIpc) is 2.20. The van der Waals surface area contributed by atoms with Gasteiger partial charge in [0.05, 0.1) is 6.61 Å². The van der Waals surface area contributed by atoms with E-state index in [0.717, 1.165) is 11.2 Å². The van der Waals surface area contributed by atoms with Gasteiger partial charge in [0.1, 0.15) is 0 Å². The van der Waals surface area contributed by atoms with E-state index in [0.29, 0.717) is 10.6 Å². The summed E-state index contributed by atoms with van der Waals surface area (Å²) >= 11 is 7.21. The summed E-state index contributed by atoms with van der Waals surface area (Å²) in [6, 6.07) is 5.16. The summed E-state index contributed by atoms with van der Waals surface area (Å²) in [4.78, 5) is 11.6. The number of rotatable bonds is 4. The molecule has 0 bridgehead atoms. The minimum absolute atomic E-state index is 0.0786. The maximum absolute atomic E-state index is 10.7. The number of halogens is 1. The number of aldehydes is 1. The molecule has 2 nitrogen and oxygen atoms in total. The van der Waals surface area contributed by atoms with Gasteiger partial charge in [-0.1, -0.05) is 18.5 Å². The van der Waals surface area contributed by atoms with E-state index in [1.54, 1.807) is 18.2 Å². The number of aliphatic hydroxyl groups is 1. The zero-order valence-corrected chi connectivity index (χ0v) is 9.31. The standard InChI is InChI=1S/C10H11ClO2S/c1-7(5-12)14-10-3-2-9(11)4-8(10)6-13/h2-4,6-7,12H,5H2,1H3. The summed E-state index contributed by atoms with van der Waals surface area (Å²) in [7, 11) is 0. The lowest BCUT2D eigenvalue weighted by atomic mass is 10.2. The Morgan fingerprint density at radius 1 is 1.64 bits per heavy atom. The number of carbonyl (C=O) groups excluding carboxylic acids is 1. The highest BCUT2D eigenvalue weighted by Crippen LogP contribution is 2.27. The van der Waals surface area contributed by atoms with Crippen molar-refractivity contribution in [1.29, 1.82) is 0 Å². The van der Waals surface area contributed by atoms with Gasteiger partial charge in [-0.15, -0.1) is 11.8 Å². The Labute approximate surface area is 92.3 Å². The van der Waals surface area contributed by atoms with E-state index in [1.165, 1.54) is 11.8 Å². The van der Waals surface area contributed by atoms with Crippen LogP contribution in [-0.4, -0.2) is 23.2 Å². The van der Waals surface area contributed by atoms with Crippen LogP contribution in [0.2, 0.25) is 5.02 Å². The summed E-state index contributed by atoms with van der Waals surface area (Å²) in [6.07, 6.45) is 0.776. The number of hydrogen-bond acceptors (Lipinski definition) is 3. The Balaban J connectivity index is 2.90. The minimum atomic E-state index is 0.0786. The summed E-state index contributed by atoms with van der Waals surface area (Å²) in [6.45, 7) is 1.99. The van der Waals surface area contributed by atoms with E-state index in [2.05, 4.69) is 0 Å². The highest BCUT2D eigenvalue weighted by atomic mass is 35.5. The van der Waals surface area contributed by atoms with Gasteiger partial charge < -0.3 is 5.11 Å². The van der Waals surface area contributed by atoms with E-state index in [-0.39, 0.29) is 11.9 Å². The Kier molecular flexibility index (Phi) is 4.45. The van der Waals surface area contributed by atoms with Crippen LogP contribution in [0.25, 0.3) is 0 Å². The van der Waals surface area contributed by atoms with Crippen molar-refractivity contribution < 1.29 is 9.90 Å². The molecule has 1 aromatic carbocycles. The van der Waals surface area contributed by atoms with Gasteiger partial charge in [-0.3, -0.25) is 4.79 Å². The first-order chi connectivity index (χ1) is 6.67. The summed E-state index contributed by atoms with van der Waals surface area (Å²) in [5, 5.41) is 9.51. The SMILES string of the molecule is CC(CO)Sc1ccc(Cl)cc1C=O. The van der Waals surface area contributed by atoms with Crippen molar-refractivity contribution in [2.75, 3.05) is 6.61 Å². The predicted molar refractivity (Wildman–Crippen MR) is 59.2 cm³/mol. The first-order valence-corrected chi connectivity index (χ1v) is 5.45. The Morgan fingerprint density at radius 3 is 2.93 bits per heavy atom. The first kappa shape index (κ1) is 11.6. The molecule has 0 aliphatic carbocycles. The highest BCUT2D eigenvalue weighted by molar-refractivity contribution is 8.00. The molecule has 0 amide bonds. The molecule has 14 heavy (non-hydrogen) atoms. The second kappa shape index (κ2) is 5.39. The van der Waals surface area contributed by atoms with Crippen molar-refractivity contribution in [3.8, 4) is 0 Å². The van der Waals surface area contributed by atoms with Crippen molar-refractivity contribution in [3.63, 3.8) is 0 Å². The Morgan fingerprint density at radius 2 is 2.36 bits per heavy atom. The fraction of sp³-hybridized carbons (Fsp3) is 0.300. The first-order valence-electron chi connectivity index (χ1n) is 4.19. The Bertz CT molecular complexity index is 328. The lowest BCUT2D eigenvalue weighted by Gasteiger charge is -2.09. The molecule has 0 heterocycles. The second-order valence-electron chi connectivity index (χ2n) is 2.91. The molecule has 1 rings (SSSR count). The summed E-state index contributed by atoms with van der Waals surface area (Å²) < 4.78 is 0. The van der Waals surface area contributed by atoms with E-state index in [1.807, 2.05) is 6.92 Å². The molecule has 1 atom stereocenters. The second-order valence-corrected chi connectivity index (χ2v) is 4.83. The van der Waals surface area contributed by atoms with Crippen LogP contribution < -0.4 is 0 Å². The minimum Gasteiger partial charge on any atom is -0.395 e. The lowest BCUT2D eigenvalue weighted by molar-refractivity contribution is 0.112. The number of hydrogen-bond donors (Lipinski definition) is 1.